The van der Waals surface area contributed by atoms with E-state index in [-0.39, 0.29) is 11.3 Å². The third-order valence-corrected chi connectivity index (χ3v) is 5.64. The van der Waals surface area contributed by atoms with Crippen LogP contribution in [0.2, 0.25) is 0 Å². The number of nitrogens with zero attached hydrogens (tertiary/aromatic N) is 1. The minimum Gasteiger partial charge on any atom is -0.497 e. The summed E-state index contributed by atoms with van der Waals surface area (Å²) in [6.45, 7) is 0.389. The van der Waals surface area contributed by atoms with Crippen molar-refractivity contribution >= 4 is 17.3 Å². The van der Waals surface area contributed by atoms with E-state index < -0.39 is 16.9 Å². The number of rotatable bonds is 9. The smallest absolute Gasteiger partial charge is 0.293 e. The van der Waals surface area contributed by atoms with Gasteiger partial charge in [-0.1, -0.05) is 72.8 Å². The first-order chi connectivity index (χ1) is 17.0. The zero-order valence-corrected chi connectivity index (χ0v) is 19.2. The van der Waals surface area contributed by atoms with E-state index in [9.17, 15) is 14.9 Å². The molecule has 0 saturated carbocycles. The van der Waals surface area contributed by atoms with Crippen molar-refractivity contribution in [3.05, 3.63) is 135 Å². The average molecular weight is 468 g/mol. The second-order valence-electron chi connectivity index (χ2n) is 7.92. The molecule has 0 aromatic heterocycles. The Morgan fingerprint density at radius 2 is 1.49 bits per heavy atom. The van der Waals surface area contributed by atoms with Crippen LogP contribution in [-0.4, -0.2) is 17.9 Å². The topological polar surface area (TPSA) is 93.5 Å². The molecule has 4 rings (SSSR count). The number of nitro groups is 1. The molecule has 0 aliphatic carbocycles. The van der Waals surface area contributed by atoms with E-state index in [0.29, 0.717) is 12.2 Å². The van der Waals surface area contributed by atoms with Crippen LogP contribution in [-0.2, 0) is 6.54 Å². The summed E-state index contributed by atoms with van der Waals surface area (Å²) in [4.78, 5) is 24.4. The number of benzene rings is 4. The molecule has 0 aliphatic rings. The Balaban J connectivity index is 1.55. The fourth-order valence-corrected chi connectivity index (χ4v) is 3.78. The Hall–Kier alpha value is -4.65. The Labute approximate surface area is 203 Å². The number of nitro benzene ring substituents is 1. The van der Waals surface area contributed by atoms with Gasteiger partial charge in [-0.05, 0) is 41.0 Å². The Morgan fingerprint density at radius 3 is 2.03 bits per heavy atom. The summed E-state index contributed by atoms with van der Waals surface area (Å²) in [5, 5.41) is 17.9. The largest absolute Gasteiger partial charge is 0.497 e. The fraction of sp³-hybridized carbons (Fsp3) is 0.107. The van der Waals surface area contributed by atoms with Gasteiger partial charge in [0.05, 0.1) is 18.1 Å². The summed E-state index contributed by atoms with van der Waals surface area (Å²) in [5.74, 6) is 0.340. The van der Waals surface area contributed by atoms with Gasteiger partial charge in [0, 0.05) is 18.2 Å². The van der Waals surface area contributed by atoms with Gasteiger partial charge in [-0.3, -0.25) is 14.9 Å². The lowest BCUT2D eigenvalue weighted by Gasteiger charge is -2.20. The third-order valence-electron chi connectivity index (χ3n) is 5.64. The van der Waals surface area contributed by atoms with Gasteiger partial charge >= 0.3 is 0 Å². The SMILES string of the molecule is COc1ccc(CNc2ccc(C(=O)NC(c3ccccc3)c3ccccc3)cc2[N+](=O)[O-])cc1. The van der Waals surface area contributed by atoms with Crippen molar-refractivity contribution in [1.82, 2.24) is 5.32 Å². The lowest BCUT2D eigenvalue weighted by Crippen LogP contribution is -2.29. The molecule has 7 nitrogen and oxygen atoms in total. The standard InChI is InChI=1S/C28H25N3O4/c1-35-24-15-12-20(13-16-24)19-29-25-17-14-23(18-26(25)31(33)34)28(32)30-27(21-8-4-2-5-9-21)22-10-6-3-7-11-22/h2-18,27,29H,19H2,1H3,(H,30,32). The predicted molar refractivity (Wildman–Crippen MR) is 136 cm³/mol. The van der Waals surface area contributed by atoms with Crippen LogP contribution in [0.1, 0.15) is 33.1 Å². The monoisotopic (exact) mass is 467 g/mol. The van der Waals surface area contributed by atoms with E-state index in [1.165, 1.54) is 6.07 Å². The molecule has 1 amide bonds. The second kappa shape index (κ2) is 11.0. The maximum atomic E-state index is 13.2. The zero-order valence-electron chi connectivity index (χ0n) is 19.2. The van der Waals surface area contributed by atoms with Crippen molar-refractivity contribution < 1.29 is 14.5 Å². The first-order valence-corrected chi connectivity index (χ1v) is 11.1. The zero-order chi connectivity index (χ0) is 24.6. The van der Waals surface area contributed by atoms with Gasteiger partial charge in [0.1, 0.15) is 11.4 Å². The van der Waals surface area contributed by atoms with E-state index in [1.54, 1.807) is 19.2 Å². The maximum absolute atomic E-state index is 13.2. The van der Waals surface area contributed by atoms with Gasteiger partial charge < -0.3 is 15.4 Å². The highest BCUT2D eigenvalue weighted by Gasteiger charge is 2.21. The number of carbonyl (C=O) groups excluding carboxylic acids is 1. The molecule has 4 aromatic rings. The molecule has 35 heavy (non-hydrogen) atoms. The quantitative estimate of drug-likeness (QED) is 0.242. The van der Waals surface area contributed by atoms with Crippen molar-refractivity contribution in [2.24, 2.45) is 0 Å². The fourth-order valence-electron chi connectivity index (χ4n) is 3.78. The minimum absolute atomic E-state index is 0.165. The van der Waals surface area contributed by atoms with Gasteiger partial charge in [0.15, 0.2) is 0 Å². The molecule has 0 fully saturated rings. The van der Waals surface area contributed by atoms with Crippen LogP contribution in [0.25, 0.3) is 0 Å². The average Bonchev–Trinajstić information content (AvgIpc) is 2.91. The molecule has 0 unspecified atom stereocenters. The number of amides is 1. The van der Waals surface area contributed by atoms with Gasteiger partial charge in [0.2, 0.25) is 0 Å². The van der Waals surface area contributed by atoms with Crippen LogP contribution >= 0.6 is 0 Å². The highest BCUT2D eigenvalue weighted by Crippen LogP contribution is 2.28. The molecule has 0 bridgehead atoms. The lowest BCUT2D eigenvalue weighted by atomic mass is 9.98. The van der Waals surface area contributed by atoms with Crippen molar-refractivity contribution in [3.63, 3.8) is 0 Å². The van der Waals surface area contributed by atoms with E-state index in [2.05, 4.69) is 10.6 Å². The molecule has 4 aromatic carbocycles. The molecule has 7 heteroatoms. The normalized spacial score (nSPS) is 10.6. The van der Waals surface area contributed by atoms with Crippen molar-refractivity contribution in [1.29, 1.82) is 0 Å². The second-order valence-corrected chi connectivity index (χ2v) is 7.92. The molecule has 2 N–H and O–H groups in total. The van der Waals surface area contributed by atoms with E-state index in [1.807, 2.05) is 84.9 Å². The molecule has 176 valence electrons. The van der Waals surface area contributed by atoms with E-state index in [4.69, 9.17) is 4.74 Å². The molecule has 0 atom stereocenters. The van der Waals surface area contributed by atoms with Gasteiger partial charge in [-0.15, -0.1) is 0 Å². The summed E-state index contributed by atoms with van der Waals surface area (Å²) in [6.07, 6.45) is 0. The lowest BCUT2D eigenvalue weighted by molar-refractivity contribution is -0.384. The van der Waals surface area contributed by atoms with Gasteiger partial charge in [0.25, 0.3) is 11.6 Å². The van der Waals surface area contributed by atoms with E-state index >= 15 is 0 Å². The first-order valence-electron chi connectivity index (χ1n) is 11.1. The van der Waals surface area contributed by atoms with Crippen LogP contribution in [0.3, 0.4) is 0 Å². The van der Waals surface area contributed by atoms with Gasteiger partial charge in [-0.25, -0.2) is 0 Å². The Bertz CT molecular complexity index is 1250. The molecule has 0 spiro atoms. The summed E-state index contributed by atoms with van der Waals surface area (Å²) in [6, 6.07) is 30.7. The third kappa shape index (κ3) is 5.83. The summed E-state index contributed by atoms with van der Waals surface area (Å²) in [7, 11) is 1.59. The molecule has 0 radical (unpaired) electrons. The predicted octanol–water partition coefficient (Wildman–Crippen LogP) is 5.73. The van der Waals surface area contributed by atoms with Crippen LogP contribution in [0, 0.1) is 10.1 Å². The van der Waals surface area contributed by atoms with Crippen LogP contribution < -0.4 is 15.4 Å². The molecule has 0 saturated heterocycles. The Morgan fingerprint density at radius 1 is 0.886 bits per heavy atom. The van der Waals surface area contributed by atoms with Gasteiger partial charge in [-0.2, -0.15) is 0 Å². The summed E-state index contributed by atoms with van der Waals surface area (Å²) < 4.78 is 5.15. The summed E-state index contributed by atoms with van der Waals surface area (Å²) >= 11 is 0. The minimum atomic E-state index is -0.487. The van der Waals surface area contributed by atoms with Crippen LogP contribution in [0.15, 0.2) is 103 Å². The van der Waals surface area contributed by atoms with Crippen LogP contribution in [0.5, 0.6) is 5.75 Å². The number of hydrogen-bond donors (Lipinski definition) is 2. The number of ether oxygens (including phenoxy) is 1. The number of hydrogen-bond acceptors (Lipinski definition) is 5. The van der Waals surface area contributed by atoms with Crippen molar-refractivity contribution in [3.8, 4) is 5.75 Å². The number of methoxy groups -OCH3 is 1. The Kier molecular flexibility index (Phi) is 7.37. The number of nitrogens with one attached hydrogen (secondary N) is 2. The summed E-state index contributed by atoms with van der Waals surface area (Å²) in [5.41, 5.74) is 3.16. The molecule has 0 heterocycles. The molecule has 0 aliphatic heterocycles. The molecular weight excluding hydrogens is 442 g/mol. The van der Waals surface area contributed by atoms with Crippen molar-refractivity contribution in [2.75, 3.05) is 12.4 Å². The highest BCUT2D eigenvalue weighted by molar-refractivity contribution is 5.96. The maximum Gasteiger partial charge on any atom is 0.293 e. The number of carbonyl (C=O) groups is 1. The number of anilines is 1. The highest BCUT2D eigenvalue weighted by atomic mass is 16.6. The first kappa shape index (κ1) is 23.5. The van der Waals surface area contributed by atoms with Crippen LogP contribution in [0.4, 0.5) is 11.4 Å². The molecular formula is C28H25N3O4. The van der Waals surface area contributed by atoms with E-state index in [0.717, 1.165) is 22.4 Å². The van der Waals surface area contributed by atoms with Crippen molar-refractivity contribution in [2.45, 2.75) is 12.6 Å².